The van der Waals surface area contributed by atoms with E-state index in [1.165, 1.54) is 9.75 Å². The maximum atomic E-state index is 4.49. The van der Waals surface area contributed by atoms with Crippen LogP contribution in [0.25, 0.3) is 0 Å². The van der Waals surface area contributed by atoms with Crippen LogP contribution in [0.3, 0.4) is 0 Å². The number of nitrogens with zero attached hydrogens (tertiary/aromatic N) is 2. The first-order valence-corrected chi connectivity index (χ1v) is 8.14. The number of aromatic nitrogens is 2. The van der Waals surface area contributed by atoms with Crippen molar-refractivity contribution in [1.29, 1.82) is 0 Å². The molecule has 0 spiro atoms. The fourth-order valence-corrected chi connectivity index (χ4v) is 3.08. The van der Waals surface area contributed by atoms with E-state index in [2.05, 4.69) is 41.3 Å². The number of hydrogen-bond acceptors (Lipinski definition) is 4. The molecule has 1 atom stereocenters. The summed E-state index contributed by atoms with van der Waals surface area (Å²) in [5.41, 5.74) is 1.10. The van der Waals surface area contributed by atoms with Crippen molar-refractivity contribution in [3.05, 3.63) is 45.7 Å². The topological polar surface area (TPSA) is 37.8 Å². The van der Waals surface area contributed by atoms with Crippen LogP contribution in [0.1, 0.15) is 47.5 Å². The fraction of sp³-hybridized carbons (Fsp3) is 0.500. The molecule has 0 aliphatic rings. The second-order valence-corrected chi connectivity index (χ2v) is 6.30. The Balaban J connectivity index is 2.12. The summed E-state index contributed by atoms with van der Waals surface area (Å²) in [6.45, 7) is 7.39. The van der Waals surface area contributed by atoms with E-state index in [0.29, 0.717) is 0 Å². The lowest BCUT2D eigenvalue weighted by atomic mass is 10.1. The van der Waals surface area contributed by atoms with Gasteiger partial charge in [0.1, 0.15) is 5.82 Å². The summed E-state index contributed by atoms with van der Waals surface area (Å²) in [7, 11) is 0. The molecule has 2 aromatic heterocycles. The fourth-order valence-electron chi connectivity index (χ4n) is 2.08. The van der Waals surface area contributed by atoms with Crippen LogP contribution in [-0.2, 0) is 12.8 Å². The van der Waals surface area contributed by atoms with Gasteiger partial charge in [-0.05, 0) is 44.0 Å². The lowest BCUT2D eigenvalue weighted by molar-refractivity contribution is 0.507. The summed E-state index contributed by atoms with van der Waals surface area (Å²) in [6, 6.07) is 4.67. The summed E-state index contributed by atoms with van der Waals surface area (Å²) in [5, 5.41) is 3.56. The van der Waals surface area contributed by atoms with Crippen molar-refractivity contribution >= 4 is 11.3 Å². The third kappa shape index (κ3) is 4.12. The Labute approximate surface area is 125 Å². The number of thiophene rings is 1. The van der Waals surface area contributed by atoms with Gasteiger partial charge in [-0.3, -0.25) is 0 Å². The van der Waals surface area contributed by atoms with E-state index in [1.807, 2.05) is 30.7 Å². The molecule has 3 nitrogen and oxygen atoms in total. The monoisotopic (exact) mass is 289 g/mol. The summed E-state index contributed by atoms with van der Waals surface area (Å²) >= 11 is 1.90. The lowest BCUT2D eigenvalue weighted by Gasteiger charge is -2.16. The highest BCUT2D eigenvalue weighted by Gasteiger charge is 2.15. The van der Waals surface area contributed by atoms with Crippen LogP contribution in [0.15, 0.2) is 24.5 Å². The van der Waals surface area contributed by atoms with Crippen LogP contribution in [0.4, 0.5) is 0 Å². The first-order valence-electron chi connectivity index (χ1n) is 7.32. The van der Waals surface area contributed by atoms with E-state index in [1.54, 1.807) is 0 Å². The van der Waals surface area contributed by atoms with Gasteiger partial charge in [-0.2, -0.15) is 0 Å². The largest absolute Gasteiger partial charge is 0.307 e. The Hall–Kier alpha value is -1.26. The number of aryl methyl sites for hydroxylation is 2. The minimum absolute atomic E-state index is 0.207. The molecule has 0 saturated carbocycles. The lowest BCUT2D eigenvalue weighted by Crippen LogP contribution is -2.25. The van der Waals surface area contributed by atoms with Gasteiger partial charge in [0.2, 0.25) is 0 Å². The van der Waals surface area contributed by atoms with Crippen LogP contribution >= 0.6 is 11.3 Å². The van der Waals surface area contributed by atoms with Crippen molar-refractivity contribution in [2.24, 2.45) is 0 Å². The molecule has 2 aromatic rings. The summed E-state index contributed by atoms with van der Waals surface area (Å²) < 4.78 is 0. The van der Waals surface area contributed by atoms with Gasteiger partial charge in [0.05, 0.1) is 6.04 Å². The van der Waals surface area contributed by atoms with Gasteiger partial charge in [-0.1, -0.05) is 13.8 Å². The van der Waals surface area contributed by atoms with Crippen LogP contribution in [0, 0.1) is 6.92 Å². The van der Waals surface area contributed by atoms with E-state index < -0.39 is 0 Å². The molecule has 2 rings (SSSR count). The normalized spacial score (nSPS) is 12.6. The molecule has 1 N–H and O–H groups in total. The molecule has 2 heterocycles. The highest BCUT2D eigenvalue weighted by molar-refractivity contribution is 7.11. The van der Waals surface area contributed by atoms with E-state index in [4.69, 9.17) is 0 Å². The molecule has 0 radical (unpaired) electrons. The smallest absolute Gasteiger partial charge is 0.145 e. The van der Waals surface area contributed by atoms with Gasteiger partial charge in [0, 0.05) is 28.6 Å². The molecule has 0 bridgehead atoms. The Morgan fingerprint density at radius 3 is 2.45 bits per heavy atom. The van der Waals surface area contributed by atoms with Crippen molar-refractivity contribution in [2.45, 2.75) is 46.1 Å². The van der Waals surface area contributed by atoms with Crippen LogP contribution in [0.5, 0.6) is 0 Å². The van der Waals surface area contributed by atoms with Crippen molar-refractivity contribution in [2.75, 3.05) is 6.54 Å². The molecular weight excluding hydrogens is 266 g/mol. The maximum Gasteiger partial charge on any atom is 0.145 e. The molecule has 0 fully saturated rings. The average molecular weight is 289 g/mol. The number of nitrogens with one attached hydrogen (secondary N) is 1. The van der Waals surface area contributed by atoms with Gasteiger partial charge < -0.3 is 5.32 Å². The van der Waals surface area contributed by atoms with Crippen molar-refractivity contribution in [3.63, 3.8) is 0 Å². The minimum Gasteiger partial charge on any atom is -0.307 e. The van der Waals surface area contributed by atoms with Crippen molar-refractivity contribution in [3.8, 4) is 0 Å². The molecule has 0 aromatic carbocycles. The predicted octanol–water partition coefficient (Wildman–Crippen LogP) is 3.69. The molecule has 108 valence electrons. The zero-order chi connectivity index (χ0) is 14.4. The highest BCUT2D eigenvalue weighted by atomic mass is 32.1. The van der Waals surface area contributed by atoms with E-state index in [9.17, 15) is 0 Å². The number of hydrogen-bond donors (Lipinski definition) is 1. The van der Waals surface area contributed by atoms with E-state index in [0.717, 1.165) is 37.2 Å². The molecule has 20 heavy (non-hydrogen) atoms. The molecule has 0 aliphatic carbocycles. The third-order valence-electron chi connectivity index (χ3n) is 3.22. The maximum absolute atomic E-state index is 4.49. The molecule has 0 saturated heterocycles. The Morgan fingerprint density at radius 1 is 1.15 bits per heavy atom. The first-order chi connectivity index (χ1) is 9.72. The quantitative estimate of drug-likeness (QED) is 0.844. The van der Waals surface area contributed by atoms with Crippen LogP contribution in [0.2, 0.25) is 0 Å². The third-order valence-corrected chi connectivity index (χ3v) is 4.48. The van der Waals surface area contributed by atoms with Gasteiger partial charge in [-0.25, -0.2) is 9.97 Å². The van der Waals surface area contributed by atoms with Gasteiger partial charge >= 0.3 is 0 Å². The predicted molar refractivity (Wildman–Crippen MR) is 85.2 cm³/mol. The molecule has 0 aliphatic heterocycles. The molecule has 4 heteroatoms. The standard InChI is InChI=1S/C16H23N3S/c1-4-8-17-15(16-18-10-12(3)11-19-16)9-14-7-6-13(5-2)20-14/h6-7,10-11,15,17H,4-5,8-9H2,1-3H3. The molecular formula is C16H23N3S. The highest BCUT2D eigenvalue weighted by Crippen LogP contribution is 2.22. The van der Waals surface area contributed by atoms with Crippen LogP contribution in [-0.4, -0.2) is 16.5 Å². The van der Waals surface area contributed by atoms with Crippen molar-refractivity contribution in [1.82, 2.24) is 15.3 Å². The van der Waals surface area contributed by atoms with Crippen LogP contribution < -0.4 is 5.32 Å². The van der Waals surface area contributed by atoms with Gasteiger partial charge in [0.25, 0.3) is 0 Å². The van der Waals surface area contributed by atoms with E-state index >= 15 is 0 Å². The Bertz CT molecular complexity index is 519. The van der Waals surface area contributed by atoms with Gasteiger partial charge in [-0.15, -0.1) is 11.3 Å². The zero-order valence-corrected chi connectivity index (χ0v) is 13.3. The minimum atomic E-state index is 0.207. The molecule has 1 unspecified atom stereocenters. The summed E-state index contributed by atoms with van der Waals surface area (Å²) in [5.74, 6) is 0.899. The zero-order valence-electron chi connectivity index (χ0n) is 12.5. The first kappa shape index (κ1) is 15.1. The SMILES string of the molecule is CCCNC(Cc1ccc(CC)s1)c1ncc(C)cn1. The number of rotatable bonds is 7. The average Bonchev–Trinajstić information content (AvgIpc) is 2.92. The summed E-state index contributed by atoms with van der Waals surface area (Å²) in [6.07, 6.45) is 6.99. The molecule has 0 amide bonds. The Morgan fingerprint density at radius 2 is 1.85 bits per heavy atom. The second-order valence-electron chi connectivity index (χ2n) is 5.05. The second kappa shape index (κ2) is 7.50. The Kier molecular flexibility index (Phi) is 5.68. The van der Waals surface area contributed by atoms with Gasteiger partial charge in [0.15, 0.2) is 0 Å². The van der Waals surface area contributed by atoms with E-state index in [-0.39, 0.29) is 6.04 Å². The van der Waals surface area contributed by atoms with Crippen molar-refractivity contribution < 1.29 is 0 Å². The summed E-state index contributed by atoms with van der Waals surface area (Å²) in [4.78, 5) is 11.8.